The summed E-state index contributed by atoms with van der Waals surface area (Å²) in [5.41, 5.74) is 2.92. The summed E-state index contributed by atoms with van der Waals surface area (Å²) in [6.07, 6.45) is 1.94. The second kappa shape index (κ2) is 8.28. The maximum absolute atomic E-state index is 13.3. The van der Waals surface area contributed by atoms with Crippen LogP contribution in [-0.4, -0.2) is 16.0 Å². The maximum Gasteiger partial charge on any atom is 0.267 e. The van der Waals surface area contributed by atoms with Crippen LogP contribution in [0.3, 0.4) is 0 Å². The molecule has 0 radical (unpaired) electrons. The highest BCUT2D eigenvalue weighted by molar-refractivity contribution is 8.18. The Labute approximate surface area is 169 Å². The molecular weight excluding hydrogens is 364 g/mol. The maximum atomic E-state index is 13.3. The molecule has 1 fully saturated rings. The van der Waals surface area contributed by atoms with Gasteiger partial charge in [0, 0.05) is 0 Å². The number of amides is 1. The van der Waals surface area contributed by atoms with Crippen molar-refractivity contribution in [2.45, 2.75) is 13.0 Å². The fourth-order valence-electron chi connectivity index (χ4n) is 3.10. The van der Waals surface area contributed by atoms with Gasteiger partial charge in [0.2, 0.25) is 0 Å². The second-order valence-electron chi connectivity index (χ2n) is 6.51. The van der Waals surface area contributed by atoms with E-state index in [1.807, 2.05) is 104 Å². The minimum Gasteiger partial charge on any atom is -0.279 e. The number of para-hydroxylation sites is 1. The Morgan fingerprint density at radius 2 is 1.43 bits per heavy atom. The minimum atomic E-state index is -0.106. The Morgan fingerprint density at radius 3 is 2.07 bits per heavy atom. The van der Waals surface area contributed by atoms with Gasteiger partial charge < -0.3 is 0 Å². The van der Waals surface area contributed by atoms with E-state index in [2.05, 4.69) is 0 Å². The minimum absolute atomic E-state index is 0.0140. The normalized spacial score (nSPS) is 18.0. The van der Waals surface area contributed by atoms with E-state index in [9.17, 15) is 4.79 Å². The largest absolute Gasteiger partial charge is 0.279 e. The molecule has 0 bridgehead atoms. The van der Waals surface area contributed by atoms with Crippen molar-refractivity contribution in [3.63, 3.8) is 0 Å². The van der Waals surface area contributed by atoms with Gasteiger partial charge in [-0.25, -0.2) is 4.99 Å². The van der Waals surface area contributed by atoms with Gasteiger partial charge in [-0.05, 0) is 48.0 Å². The molecule has 1 amide bonds. The fourth-order valence-corrected chi connectivity index (χ4v) is 4.17. The van der Waals surface area contributed by atoms with Gasteiger partial charge >= 0.3 is 0 Å². The van der Waals surface area contributed by atoms with Gasteiger partial charge in [-0.1, -0.05) is 78.9 Å². The molecule has 1 saturated heterocycles. The summed E-state index contributed by atoms with van der Waals surface area (Å²) in [7, 11) is 0. The third-order valence-corrected chi connectivity index (χ3v) is 5.57. The van der Waals surface area contributed by atoms with Crippen LogP contribution in [-0.2, 0) is 4.79 Å². The average Bonchev–Trinajstić information content (AvgIpc) is 3.04. The number of nitrogens with zero attached hydrogens (tertiary/aromatic N) is 2. The summed E-state index contributed by atoms with van der Waals surface area (Å²) in [5.74, 6) is -0.0140. The zero-order valence-electron chi connectivity index (χ0n) is 15.5. The number of rotatable bonds is 4. The van der Waals surface area contributed by atoms with Crippen molar-refractivity contribution in [2.75, 3.05) is 0 Å². The predicted molar refractivity (Wildman–Crippen MR) is 117 cm³/mol. The van der Waals surface area contributed by atoms with Crippen LogP contribution in [0.4, 0.5) is 5.69 Å². The zero-order valence-corrected chi connectivity index (χ0v) is 16.3. The first-order valence-electron chi connectivity index (χ1n) is 9.19. The van der Waals surface area contributed by atoms with Crippen LogP contribution in [0.2, 0.25) is 0 Å². The Morgan fingerprint density at radius 1 is 0.857 bits per heavy atom. The molecule has 4 rings (SSSR count). The van der Waals surface area contributed by atoms with E-state index in [4.69, 9.17) is 4.99 Å². The van der Waals surface area contributed by atoms with Crippen LogP contribution in [0, 0.1) is 0 Å². The molecule has 138 valence electrons. The van der Waals surface area contributed by atoms with Crippen LogP contribution in [0.25, 0.3) is 6.08 Å². The van der Waals surface area contributed by atoms with Crippen LogP contribution in [0.1, 0.15) is 24.1 Å². The van der Waals surface area contributed by atoms with Gasteiger partial charge in [-0.15, -0.1) is 0 Å². The summed E-state index contributed by atoms with van der Waals surface area (Å²) in [4.78, 5) is 20.5. The van der Waals surface area contributed by atoms with E-state index in [0.29, 0.717) is 10.1 Å². The molecule has 3 nitrogen and oxygen atoms in total. The molecule has 0 aliphatic carbocycles. The Bertz CT molecular complexity index is 1010. The highest BCUT2D eigenvalue weighted by Gasteiger charge is 2.37. The third kappa shape index (κ3) is 3.92. The standard InChI is InChI=1S/C24H20N2OS/c1-18(20-13-7-3-8-14-20)26-23(27)22(17-19-11-5-2-6-12-19)28-24(26)25-21-15-9-4-10-16-21/h2-18H,1H3/b22-17+,25-24?/t18-/m0/s1. The quantitative estimate of drug-likeness (QED) is 0.513. The first kappa shape index (κ1) is 18.3. The zero-order chi connectivity index (χ0) is 19.3. The number of hydrogen-bond donors (Lipinski definition) is 0. The molecule has 0 N–H and O–H groups in total. The lowest BCUT2D eigenvalue weighted by molar-refractivity contribution is -0.123. The average molecular weight is 385 g/mol. The fraction of sp³-hybridized carbons (Fsp3) is 0.0833. The molecule has 4 heteroatoms. The van der Waals surface area contributed by atoms with E-state index in [-0.39, 0.29) is 11.9 Å². The number of carbonyl (C=O) groups is 1. The van der Waals surface area contributed by atoms with Crippen molar-refractivity contribution in [3.8, 4) is 0 Å². The van der Waals surface area contributed by atoms with Crippen molar-refractivity contribution in [2.24, 2.45) is 4.99 Å². The highest BCUT2D eigenvalue weighted by Crippen LogP contribution is 2.39. The lowest BCUT2D eigenvalue weighted by Crippen LogP contribution is -2.32. The summed E-state index contributed by atoms with van der Waals surface area (Å²) < 4.78 is 0. The molecule has 3 aromatic carbocycles. The van der Waals surface area contributed by atoms with Crippen molar-refractivity contribution >= 4 is 34.6 Å². The van der Waals surface area contributed by atoms with Crippen molar-refractivity contribution < 1.29 is 4.79 Å². The monoisotopic (exact) mass is 384 g/mol. The lowest BCUT2D eigenvalue weighted by atomic mass is 10.1. The smallest absolute Gasteiger partial charge is 0.267 e. The van der Waals surface area contributed by atoms with E-state index < -0.39 is 0 Å². The molecular formula is C24H20N2OS. The van der Waals surface area contributed by atoms with Crippen LogP contribution < -0.4 is 0 Å². The van der Waals surface area contributed by atoms with Gasteiger partial charge in [-0.2, -0.15) is 0 Å². The number of thioether (sulfide) groups is 1. The number of aliphatic imine (C=N–C) groups is 1. The molecule has 3 aromatic rings. The van der Waals surface area contributed by atoms with Crippen LogP contribution in [0.5, 0.6) is 0 Å². The molecule has 0 unspecified atom stereocenters. The van der Waals surface area contributed by atoms with Gasteiger partial charge in [0.1, 0.15) is 0 Å². The van der Waals surface area contributed by atoms with Crippen molar-refractivity contribution in [3.05, 3.63) is 107 Å². The summed E-state index contributed by atoms with van der Waals surface area (Å²) in [5, 5.41) is 0.703. The first-order chi connectivity index (χ1) is 13.7. The molecule has 1 aliphatic heterocycles. The van der Waals surface area contributed by atoms with E-state index in [1.165, 1.54) is 11.8 Å². The highest BCUT2D eigenvalue weighted by atomic mass is 32.2. The SMILES string of the molecule is C[C@@H](c1ccccc1)N1C(=O)/C(=C\c2ccccc2)SC1=Nc1ccccc1. The molecule has 0 saturated carbocycles. The summed E-state index contributed by atoms with van der Waals surface area (Å²) in [6.45, 7) is 2.04. The number of hydrogen-bond acceptors (Lipinski definition) is 3. The molecule has 28 heavy (non-hydrogen) atoms. The summed E-state index contributed by atoms with van der Waals surface area (Å²) >= 11 is 1.43. The van der Waals surface area contributed by atoms with Crippen LogP contribution >= 0.6 is 11.8 Å². The second-order valence-corrected chi connectivity index (χ2v) is 7.52. The van der Waals surface area contributed by atoms with Gasteiger partial charge in [0.05, 0.1) is 16.6 Å². The van der Waals surface area contributed by atoms with Crippen molar-refractivity contribution in [1.29, 1.82) is 0 Å². The van der Waals surface area contributed by atoms with E-state index >= 15 is 0 Å². The number of amidine groups is 1. The Balaban J connectivity index is 1.74. The molecule has 1 heterocycles. The molecule has 1 aliphatic rings. The lowest BCUT2D eigenvalue weighted by Gasteiger charge is -2.24. The first-order valence-corrected chi connectivity index (χ1v) is 10.0. The number of benzene rings is 3. The Hall–Kier alpha value is -3.11. The van der Waals surface area contributed by atoms with E-state index in [0.717, 1.165) is 16.8 Å². The molecule has 0 aromatic heterocycles. The van der Waals surface area contributed by atoms with E-state index in [1.54, 1.807) is 4.90 Å². The molecule has 0 spiro atoms. The topological polar surface area (TPSA) is 32.7 Å². The van der Waals surface area contributed by atoms with Gasteiger partial charge in [0.25, 0.3) is 5.91 Å². The third-order valence-electron chi connectivity index (χ3n) is 4.58. The predicted octanol–water partition coefficient (Wildman–Crippen LogP) is 6.05. The molecule has 1 atom stereocenters. The number of carbonyl (C=O) groups excluding carboxylic acids is 1. The van der Waals surface area contributed by atoms with Crippen molar-refractivity contribution in [1.82, 2.24) is 4.90 Å². The van der Waals surface area contributed by atoms with Gasteiger partial charge in [0.15, 0.2) is 5.17 Å². The van der Waals surface area contributed by atoms with Crippen LogP contribution in [0.15, 0.2) is 101 Å². The van der Waals surface area contributed by atoms with Gasteiger partial charge in [-0.3, -0.25) is 9.69 Å². The summed E-state index contributed by atoms with van der Waals surface area (Å²) in [6, 6.07) is 29.6. The Kier molecular flexibility index (Phi) is 5.40.